The number of ether oxygens (including phenoxy) is 2. The van der Waals surface area contributed by atoms with E-state index in [1.54, 1.807) is 11.9 Å². The lowest BCUT2D eigenvalue weighted by atomic mass is 10.1. The molecule has 108 valence electrons. The summed E-state index contributed by atoms with van der Waals surface area (Å²) >= 11 is 0. The van der Waals surface area contributed by atoms with Crippen molar-refractivity contribution in [3.8, 4) is 5.75 Å². The molecule has 2 heterocycles. The number of carbonyl (C=O) groups excluding carboxylic acids is 1. The molecule has 1 amide bonds. The van der Waals surface area contributed by atoms with Crippen LogP contribution >= 0.6 is 0 Å². The zero-order valence-electron chi connectivity index (χ0n) is 12.0. The molecule has 0 radical (unpaired) electrons. The number of anilines is 1. The standard InChI is InChI=1S/C15H20N2O3/c1-16-6-8-20-14(10-16)15(18)17(2)12-3-4-13-11(9-12)5-7-19-13/h3-4,9,14H,5-8,10H2,1-2H3. The smallest absolute Gasteiger partial charge is 0.257 e. The van der Waals surface area contributed by atoms with Gasteiger partial charge in [0.25, 0.3) is 5.91 Å². The van der Waals surface area contributed by atoms with Gasteiger partial charge in [-0.25, -0.2) is 0 Å². The molecule has 0 spiro atoms. The third-order valence-electron chi connectivity index (χ3n) is 3.94. The molecule has 20 heavy (non-hydrogen) atoms. The Morgan fingerprint density at radius 2 is 2.25 bits per heavy atom. The fraction of sp³-hybridized carbons (Fsp3) is 0.533. The van der Waals surface area contributed by atoms with E-state index in [-0.39, 0.29) is 12.0 Å². The van der Waals surface area contributed by atoms with Gasteiger partial charge in [-0.3, -0.25) is 4.79 Å². The Labute approximate surface area is 119 Å². The highest BCUT2D eigenvalue weighted by atomic mass is 16.5. The number of nitrogens with zero attached hydrogens (tertiary/aromatic N) is 2. The van der Waals surface area contributed by atoms with Gasteiger partial charge in [0.15, 0.2) is 0 Å². The van der Waals surface area contributed by atoms with Gasteiger partial charge in [-0.1, -0.05) is 0 Å². The van der Waals surface area contributed by atoms with Crippen LogP contribution in [0.15, 0.2) is 18.2 Å². The van der Waals surface area contributed by atoms with E-state index in [1.807, 2.05) is 25.2 Å². The second kappa shape index (κ2) is 5.42. The van der Waals surface area contributed by atoms with Crippen LogP contribution < -0.4 is 9.64 Å². The molecule has 0 N–H and O–H groups in total. The number of morpholine rings is 1. The summed E-state index contributed by atoms with van der Waals surface area (Å²) in [6.45, 7) is 2.87. The van der Waals surface area contributed by atoms with Crippen molar-refractivity contribution in [1.82, 2.24) is 4.90 Å². The third-order valence-corrected chi connectivity index (χ3v) is 3.94. The highest BCUT2D eigenvalue weighted by molar-refractivity contribution is 5.96. The van der Waals surface area contributed by atoms with E-state index in [9.17, 15) is 4.79 Å². The fourth-order valence-electron chi connectivity index (χ4n) is 2.65. The summed E-state index contributed by atoms with van der Waals surface area (Å²) in [6.07, 6.45) is 0.539. The first-order valence-corrected chi connectivity index (χ1v) is 6.98. The van der Waals surface area contributed by atoms with Gasteiger partial charge >= 0.3 is 0 Å². The average Bonchev–Trinajstić information content (AvgIpc) is 2.93. The maximum Gasteiger partial charge on any atom is 0.257 e. The molecular formula is C15H20N2O3. The van der Waals surface area contributed by atoms with E-state index in [0.717, 1.165) is 31.0 Å². The van der Waals surface area contributed by atoms with Crippen LogP contribution in [0.2, 0.25) is 0 Å². The van der Waals surface area contributed by atoms with E-state index < -0.39 is 0 Å². The van der Waals surface area contributed by atoms with E-state index >= 15 is 0 Å². The van der Waals surface area contributed by atoms with Crippen molar-refractivity contribution in [2.75, 3.05) is 45.3 Å². The molecule has 1 atom stereocenters. The lowest BCUT2D eigenvalue weighted by molar-refractivity contribution is -0.134. The molecular weight excluding hydrogens is 256 g/mol. The normalized spacial score (nSPS) is 22.2. The molecule has 5 heteroatoms. The van der Waals surface area contributed by atoms with Gasteiger partial charge in [0.2, 0.25) is 0 Å². The summed E-state index contributed by atoms with van der Waals surface area (Å²) < 4.78 is 11.1. The van der Waals surface area contributed by atoms with Gasteiger partial charge in [-0.05, 0) is 30.8 Å². The Kier molecular flexibility index (Phi) is 3.63. The molecule has 2 aliphatic rings. The van der Waals surface area contributed by atoms with Gasteiger partial charge in [0, 0.05) is 32.2 Å². The highest BCUT2D eigenvalue weighted by Crippen LogP contribution is 2.29. The Bertz CT molecular complexity index is 518. The van der Waals surface area contributed by atoms with Crippen molar-refractivity contribution >= 4 is 11.6 Å². The predicted molar refractivity (Wildman–Crippen MR) is 76.3 cm³/mol. The lowest BCUT2D eigenvalue weighted by Crippen LogP contribution is -2.49. The van der Waals surface area contributed by atoms with Gasteiger partial charge in [-0.2, -0.15) is 0 Å². The minimum atomic E-state index is -0.372. The summed E-state index contributed by atoms with van der Waals surface area (Å²) in [7, 11) is 3.81. The van der Waals surface area contributed by atoms with Crippen molar-refractivity contribution < 1.29 is 14.3 Å². The number of hydrogen-bond donors (Lipinski definition) is 0. The minimum Gasteiger partial charge on any atom is -0.493 e. The Balaban J connectivity index is 1.74. The zero-order chi connectivity index (χ0) is 14.1. The van der Waals surface area contributed by atoms with Crippen LogP contribution in [0.3, 0.4) is 0 Å². The molecule has 1 fully saturated rings. The van der Waals surface area contributed by atoms with E-state index in [0.29, 0.717) is 13.2 Å². The van der Waals surface area contributed by atoms with E-state index in [4.69, 9.17) is 9.47 Å². The lowest BCUT2D eigenvalue weighted by Gasteiger charge is -2.31. The first-order chi connectivity index (χ1) is 9.65. The number of fused-ring (bicyclic) bond motifs is 1. The van der Waals surface area contributed by atoms with Crippen LogP contribution in [0.25, 0.3) is 0 Å². The van der Waals surface area contributed by atoms with Crippen LogP contribution in [0, 0.1) is 0 Å². The van der Waals surface area contributed by atoms with E-state index in [2.05, 4.69) is 4.90 Å². The number of amides is 1. The Hall–Kier alpha value is -1.59. The minimum absolute atomic E-state index is 0.00964. The van der Waals surface area contributed by atoms with Crippen LogP contribution in [0.5, 0.6) is 5.75 Å². The second-order valence-electron chi connectivity index (χ2n) is 5.41. The van der Waals surface area contributed by atoms with Crippen LogP contribution in [0.1, 0.15) is 5.56 Å². The SMILES string of the molecule is CN1CCOC(C(=O)N(C)c2ccc3c(c2)CCO3)C1. The topological polar surface area (TPSA) is 42.0 Å². The zero-order valence-corrected chi connectivity index (χ0v) is 12.0. The molecule has 2 aliphatic heterocycles. The Morgan fingerprint density at radius 1 is 1.40 bits per heavy atom. The largest absolute Gasteiger partial charge is 0.493 e. The summed E-state index contributed by atoms with van der Waals surface area (Å²) in [5.41, 5.74) is 2.07. The second-order valence-corrected chi connectivity index (χ2v) is 5.41. The van der Waals surface area contributed by atoms with Crippen molar-refractivity contribution in [3.63, 3.8) is 0 Å². The number of hydrogen-bond acceptors (Lipinski definition) is 4. The van der Waals surface area contributed by atoms with Crippen molar-refractivity contribution in [2.45, 2.75) is 12.5 Å². The van der Waals surface area contributed by atoms with Crippen LogP contribution in [-0.2, 0) is 16.0 Å². The number of carbonyl (C=O) groups is 1. The molecule has 1 unspecified atom stereocenters. The summed E-state index contributed by atoms with van der Waals surface area (Å²) in [6, 6.07) is 5.90. The summed E-state index contributed by atoms with van der Waals surface area (Å²) in [5, 5.41) is 0. The number of rotatable bonds is 2. The molecule has 1 aromatic carbocycles. The molecule has 1 aromatic rings. The molecule has 0 bridgehead atoms. The first kappa shape index (κ1) is 13.4. The van der Waals surface area contributed by atoms with Crippen LogP contribution in [0.4, 0.5) is 5.69 Å². The number of benzene rings is 1. The van der Waals surface area contributed by atoms with Crippen LogP contribution in [-0.4, -0.2) is 57.3 Å². The summed E-state index contributed by atoms with van der Waals surface area (Å²) in [5.74, 6) is 0.943. The summed E-state index contributed by atoms with van der Waals surface area (Å²) in [4.78, 5) is 16.3. The first-order valence-electron chi connectivity index (χ1n) is 6.98. The van der Waals surface area contributed by atoms with Crippen molar-refractivity contribution in [1.29, 1.82) is 0 Å². The van der Waals surface area contributed by atoms with Crippen molar-refractivity contribution in [3.05, 3.63) is 23.8 Å². The number of likely N-dealkylation sites (N-methyl/N-ethyl adjacent to an activating group) is 2. The maximum absolute atomic E-state index is 12.5. The molecule has 0 saturated carbocycles. The van der Waals surface area contributed by atoms with Gasteiger partial charge in [0.1, 0.15) is 11.9 Å². The monoisotopic (exact) mass is 276 g/mol. The third kappa shape index (κ3) is 2.51. The maximum atomic E-state index is 12.5. The quantitative estimate of drug-likeness (QED) is 0.805. The molecule has 0 aromatic heterocycles. The van der Waals surface area contributed by atoms with Gasteiger partial charge < -0.3 is 19.3 Å². The Morgan fingerprint density at radius 3 is 3.05 bits per heavy atom. The van der Waals surface area contributed by atoms with Gasteiger partial charge in [-0.15, -0.1) is 0 Å². The molecule has 0 aliphatic carbocycles. The molecule has 3 rings (SSSR count). The highest BCUT2D eigenvalue weighted by Gasteiger charge is 2.28. The average molecular weight is 276 g/mol. The predicted octanol–water partition coefficient (Wildman–Crippen LogP) is 0.915. The fourth-order valence-corrected chi connectivity index (χ4v) is 2.65. The molecule has 5 nitrogen and oxygen atoms in total. The van der Waals surface area contributed by atoms with E-state index in [1.165, 1.54) is 5.56 Å². The molecule has 1 saturated heterocycles. The van der Waals surface area contributed by atoms with Gasteiger partial charge in [0.05, 0.1) is 13.2 Å². The van der Waals surface area contributed by atoms with Crippen molar-refractivity contribution in [2.24, 2.45) is 0 Å².